The molecule has 0 radical (unpaired) electrons. The van der Waals surface area contributed by atoms with Crippen LogP contribution in [0.2, 0.25) is 0 Å². The van der Waals surface area contributed by atoms with Crippen molar-refractivity contribution in [2.45, 2.75) is 38.6 Å². The average Bonchev–Trinajstić information content (AvgIpc) is 3.36. The molecular formula is C23H24N4O2. The maximum atomic E-state index is 13.0. The number of hydrogen-bond acceptors (Lipinski definition) is 4. The van der Waals surface area contributed by atoms with Gasteiger partial charge >= 0.3 is 0 Å². The first-order chi connectivity index (χ1) is 14.1. The molecule has 1 fully saturated rings. The third kappa shape index (κ3) is 3.05. The van der Waals surface area contributed by atoms with Gasteiger partial charge < -0.3 is 15.0 Å². The predicted octanol–water partition coefficient (Wildman–Crippen LogP) is 4.51. The van der Waals surface area contributed by atoms with Crippen LogP contribution >= 0.6 is 0 Å². The number of hydrogen-bond donors (Lipinski definition) is 2. The fourth-order valence-corrected chi connectivity index (χ4v) is 4.28. The number of methoxy groups -OCH3 is 1. The first-order valence-corrected chi connectivity index (χ1v) is 10.1. The van der Waals surface area contributed by atoms with Gasteiger partial charge in [-0.2, -0.15) is 0 Å². The second-order valence-corrected chi connectivity index (χ2v) is 7.78. The van der Waals surface area contributed by atoms with Crippen molar-refractivity contribution >= 4 is 22.4 Å². The van der Waals surface area contributed by atoms with Crippen LogP contribution in [0.4, 0.5) is 5.82 Å². The van der Waals surface area contributed by atoms with E-state index < -0.39 is 0 Å². The lowest BCUT2D eigenvalue weighted by molar-refractivity contribution is 0.415. The van der Waals surface area contributed by atoms with Crippen molar-refractivity contribution in [3.05, 3.63) is 58.5 Å². The molecule has 6 nitrogen and oxygen atoms in total. The highest BCUT2D eigenvalue weighted by Gasteiger charge is 2.22. The number of imidazole rings is 1. The van der Waals surface area contributed by atoms with Gasteiger partial charge in [0.05, 0.1) is 18.2 Å². The van der Waals surface area contributed by atoms with Crippen molar-refractivity contribution in [2.75, 3.05) is 12.4 Å². The van der Waals surface area contributed by atoms with Gasteiger partial charge in [0, 0.05) is 18.3 Å². The summed E-state index contributed by atoms with van der Waals surface area (Å²) in [5.74, 6) is 1.61. The molecular weight excluding hydrogens is 364 g/mol. The third-order valence-electron chi connectivity index (χ3n) is 5.85. The fourth-order valence-electron chi connectivity index (χ4n) is 4.28. The van der Waals surface area contributed by atoms with Crippen LogP contribution in [0.1, 0.15) is 31.2 Å². The third-order valence-corrected chi connectivity index (χ3v) is 5.85. The number of aromatic amines is 1. The van der Waals surface area contributed by atoms with Gasteiger partial charge in [-0.25, -0.2) is 4.98 Å². The van der Waals surface area contributed by atoms with Crippen molar-refractivity contribution in [1.82, 2.24) is 14.4 Å². The van der Waals surface area contributed by atoms with E-state index in [2.05, 4.69) is 14.7 Å². The van der Waals surface area contributed by atoms with Gasteiger partial charge in [0.15, 0.2) is 0 Å². The van der Waals surface area contributed by atoms with Crippen LogP contribution in [0.25, 0.3) is 27.8 Å². The lowest BCUT2D eigenvalue weighted by Gasteiger charge is -2.15. The number of nitrogens with zero attached hydrogens (tertiary/aromatic N) is 2. The van der Waals surface area contributed by atoms with Crippen LogP contribution in [0.15, 0.2) is 47.4 Å². The molecule has 0 bridgehead atoms. The lowest BCUT2D eigenvalue weighted by atomic mass is 10.1. The van der Waals surface area contributed by atoms with Crippen molar-refractivity contribution in [3.8, 4) is 17.0 Å². The van der Waals surface area contributed by atoms with Crippen molar-refractivity contribution in [1.29, 1.82) is 0 Å². The van der Waals surface area contributed by atoms with Gasteiger partial charge in [-0.3, -0.25) is 9.20 Å². The molecule has 0 saturated heterocycles. The minimum Gasteiger partial charge on any atom is -0.497 e. The summed E-state index contributed by atoms with van der Waals surface area (Å²) in [7, 11) is 1.62. The van der Waals surface area contributed by atoms with Crippen molar-refractivity contribution < 1.29 is 4.74 Å². The monoisotopic (exact) mass is 388 g/mol. The number of aromatic nitrogens is 3. The minimum absolute atomic E-state index is 0.152. The van der Waals surface area contributed by atoms with Gasteiger partial charge in [-0.1, -0.05) is 18.9 Å². The molecule has 1 aliphatic carbocycles. The molecule has 148 valence electrons. The first kappa shape index (κ1) is 17.8. The zero-order valence-electron chi connectivity index (χ0n) is 16.7. The van der Waals surface area contributed by atoms with Crippen LogP contribution < -0.4 is 15.6 Å². The maximum absolute atomic E-state index is 13.0. The Bertz CT molecular complexity index is 1270. The van der Waals surface area contributed by atoms with E-state index in [1.807, 2.05) is 49.5 Å². The maximum Gasteiger partial charge on any atom is 0.258 e. The summed E-state index contributed by atoms with van der Waals surface area (Å²) in [4.78, 5) is 20.9. The Balaban J connectivity index is 1.72. The van der Waals surface area contributed by atoms with E-state index in [1.165, 1.54) is 12.8 Å². The second-order valence-electron chi connectivity index (χ2n) is 7.78. The minimum atomic E-state index is -0.152. The van der Waals surface area contributed by atoms with Crippen LogP contribution in [0.5, 0.6) is 5.75 Å². The zero-order chi connectivity index (χ0) is 20.0. The molecule has 0 unspecified atom stereocenters. The van der Waals surface area contributed by atoms with E-state index in [4.69, 9.17) is 9.72 Å². The SMILES string of the molecule is COc1ccc2cc(-c3nc4c(C)cccn4c3NC3CCCC3)c(=O)[nH]c2c1. The van der Waals surface area contributed by atoms with Crippen LogP contribution in [0.3, 0.4) is 0 Å². The number of anilines is 1. The van der Waals surface area contributed by atoms with Crippen LogP contribution in [-0.2, 0) is 0 Å². The number of ether oxygens (including phenoxy) is 1. The zero-order valence-corrected chi connectivity index (χ0v) is 16.7. The molecule has 4 aromatic rings. The number of aryl methyl sites for hydroxylation is 1. The average molecular weight is 388 g/mol. The largest absolute Gasteiger partial charge is 0.497 e. The highest BCUT2D eigenvalue weighted by molar-refractivity contribution is 5.87. The Labute approximate surface area is 168 Å². The Morgan fingerprint density at radius 1 is 1.21 bits per heavy atom. The molecule has 3 aromatic heterocycles. The van der Waals surface area contributed by atoms with Gasteiger partial charge in [-0.15, -0.1) is 0 Å². The van der Waals surface area contributed by atoms with Gasteiger partial charge in [0.25, 0.3) is 5.56 Å². The molecule has 5 rings (SSSR count). The van der Waals surface area contributed by atoms with Crippen molar-refractivity contribution in [3.63, 3.8) is 0 Å². The molecule has 1 aliphatic rings. The highest BCUT2D eigenvalue weighted by Crippen LogP contribution is 2.32. The number of rotatable bonds is 4. The number of pyridine rings is 2. The molecule has 0 amide bonds. The quantitative estimate of drug-likeness (QED) is 0.539. The predicted molar refractivity (Wildman–Crippen MR) is 116 cm³/mol. The summed E-state index contributed by atoms with van der Waals surface area (Å²) in [5, 5.41) is 4.62. The van der Waals surface area contributed by atoms with E-state index >= 15 is 0 Å². The van der Waals surface area contributed by atoms with E-state index in [0.29, 0.717) is 23.0 Å². The summed E-state index contributed by atoms with van der Waals surface area (Å²) < 4.78 is 7.35. The first-order valence-electron chi connectivity index (χ1n) is 10.1. The number of benzene rings is 1. The summed E-state index contributed by atoms with van der Waals surface area (Å²) in [6.07, 6.45) is 6.78. The number of fused-ring (bicyclic) bond motifs is 2. The molecule has 0 aliphatic heterocycles. The summed E-state index contributed by atoms with van der Waals surface area (Å²) in [6.45, 7) is 2.04. The molecule has 0 spiro atoms. The molecule has 1 saturated carbocycles. The fraction of sp³-hybridized carbons (Fsp3) is 0.304. The standard InChI is InChI=1S/C23H24N4O2/c1-14-6-5-11-27-21(14)26-20(22(27)24-16-7-3-4-8-16)18-12-15-9-10-17(29-2)13-19(15)25-23(18)28/h5-6,9-13,16,24H,3-4,7-8H2,1-2H3,(H,25,28). The van der Waals surface area contributed by atoms with E-state index in [0.717, 1.165) is 40.8 Å². The highest BCUT2D eigenvalue weighted by atomic mass is 16.5. The second kappa shape index (κ2) is 6.95. The van der Waals surface area contributed by atoms with Gasteiger partial charge in [0.1, 0.15) is 22.9 Å². The molecule has 2 N–H and O–H groups in total. The lowest BCUT2D eigenvalue weighted by Crippen LogP contribution is -2.17. The Hall–Kier alpha value is -3.28. The Morgan fingerprint density at radius 3 is 2.83 bits per heavy atom. The summed E-state index contributed by atoms with van der Waals surface area (Å²) >= 11 is 0. The molecule has 1 aromatic carbocycles. The summed E-state index contributed by atoms with van der Waals surface area (Å²) in [6, 6.07) is 12.1. The number of nitrogens with one attached hydrogen (secondary N) is 2. The molecule has 29 heavy (non-hydrogen) atoms. The molecule has 0 atom stereocenters. The molecule has 6 heteroatoms. The number of H-pyrrole nitrogens is 1. The normalized spacial score (nSPS) is 14.7. The Kier molecular flexibility index (Phi) is 4.27. The Morgan fingerprint density at radius 2 is 2.03 bits per heavy atom. The van der Waals surface area contributed by atoms with E-state index in [-0.39, 0.29) is 5.56 Å². The van der Waals surface area contributed by atoms with Crippen LogP contribution in [0, 0.1) is 6.92 Å². The molecule has 3 heterocycles. The summed E-state index contributed by atoms with van der Waals surface area (Å²) in [5.41, 5.74) is 3.83. The van der Waals surface area contributed by atoms with E-state index in [1.54, 1.807) is 7.11 Å². The smallest absolute Gasteiger partial charge is 0.258 e. The topological polar surface area (TPSA) is 71.4 Å². The van der Waals surface area contributed by atoms with Gasteiger partial charge in [-0.05, 0) is 55.0 Å². The van der Waals surface area contributed by atoms with Crippen LogP contribution in [-0.4, -0.2) is 27.5 Å². The van der Waals surface area contributed by atoms with Crippen molar-refractivity contribution in [2.24, 2.45) is 0 Å². The van der Waals surface area contributed by atoms with E-state index in [9.17, 15) is 4.79 Å². The van der Waals surface area contributed by atoms with Gasteiger partial charge in [0.2, 0.25) is 0 Å².